The monoisotopic (exact) mass is 537 g/mol. The number of hydrogen-bond donors (Lipinski definition) is 2. The van der Waals surface area contributed by atoms with Crippen LogP contribution in [0.15, 0.2) is 40.8 Å². The molecular formula is C27H31N5O3S2. The first kappa shape index (κ1) is 25.7. The van der Waals surface area contributed by atoms with Crippen molar-refractivity contribution < 1.29 is 14.7 Å². The number of benzene rings is 1. The van der Waals surface area contributed by atoms with Gasteiger partial charge >= 0.3 is 0 Å². The summed E-state index contributed by atoms with van der Waals surface area (Å²) in [7, 11) is 0. The lowest BCUT2D eigenvalue weighted by Crippen LogP contribution is -2.51. The Morgan fingerprint density at radius 2 is 1.97 bits per heavy atom. The minimum atomic E-state index is -1.05. The number of thiazole rings is 1. The first-order chi connectivity index (χ1) is 17.6. The maximum absolute atomic E-state index is 13.8. The number of β-amino-alcohol motifs (C(OH)–C–C–N with tert-alkyl or cyclic N) is 1. The van der Waals surface area contributed by atoms with Gasteiger partial charge in [-0.25, -0.2) is 4.98 Å². The zero-order valence-corrected chi connectivity index (χ0v) is 23.2. The van der Waals surface area contributed by atoms with Gasteiger partial charge in [0, 0.05) is 17.8 Å². The Morgan fingerprint density at radius 3 is 2.57 bits per heavy atom. The average molecular weight is 538 g/mol. The number of carbonyl (C=O) groups excluding carboxylic acids is 2. The lowest BCUT2D eigenvalue weighted by molar-refractivity contribution is -0.134. The summed E-state index contributed by atoms with van der Waals surface area (Å²) in [6.45, 7) is 9.95. The number of rotatable bonds is 6. The second kappa shape index (κ2) is 9.74. The number of nitrogens with zero attached hydrogens (tertiary/aromatic N) is 4. The van der Waals surface area contributed by atoms with Gasteiger partial charge in [-0.15, -0.1) is 11.3 Å². The number of amidine groups is 1. The van der Waals surface area contributed by atoms with E-state index in [9.17, 15) is 14.7 Å². The molecule has 0 radical (unpaired) electrons. The van der Waals surface area contributed by atoms with Gasteiger partial charge in [0.2, 0.25) is 5.91 Å². The number of carbonyl (C=O) groups is 2. The Hall–Kier alpha value is -2.95. The van der Waals surface area contributed by atoms with Crippen LogP contribution in [0, 0.1) is 19.8 Å². The first-order valence-corrected chi connectivity index (χ1v) is 14.1. The van der Waals surface area contributed by atoms with Crippen molar-refractivity contribution >= 4 is 40.5 Å². The van der Waals surface area contributed by atoms with Gasteiger partial charge in [-0.2, -0.15) is 9.37 Å². The maximum Gasteiger partial charge on any atom is 0.277 e. The van der Waals surface area contributed by atoms with Crippen molar-refractivity contribution in [3.63, 3.8) is 0 Å². The van der Waals surface area contributed by atoms with Crippen LogP contribution in [0.5, 0.6) is 0 Å². The van der Waals surface area contributed by atoms with Crippen LogP contribution in [0.3, 0.4) is 0 Å². The van der Waals surface area contributed by atoms with Crippen molar-refractivity contribution in [3.05, 3.63) is 57.7 Å². The fraction of sp³-hybridized carbons (Fsp3) is 0.444. The van der Waals surface area contributed by atoms with E-state index >= 15 is 0 Å². The highest BCUT2D eigenvalue weighted by Gasteiger charge is 2.48. The molecule has 1 unspecified atom stereocenters. The van der Waals surface area contributed by atoms with E-state index in [1.54, 1.807) is 16.2 Å². The predicted octanol–water partition coefficient (Wildman–Crippen LogP) is 4.03. The highest BCUT2D eigenvalue weighted by atomic mass is 32.1. The molecule has 0 saturated carbocycles. The molecule has 0 bridgehead atoms. The van der Waals surface area contributed by atoms with Crippen molar-refractivity contribution in [1.29, 1.82) is 0 Å². The third kappa shape index (κ3) is 4.62. The van der Waals surface area contributed by atoms with Crippen LogP contribution in [0.25, 0.3) is 10.4 Å². The highest BCUT2D eigenvalue weighted by molar-refractivity contribution is 7.13. The molecule has 1 aromatic carbocycles. The Balaban J connectivity index is 1.39. The standard InChI is InChI=1S/C27H31N5O3S2/c1-14(2)22(21-10-15(3)31-37-21)25(34)32-12-19(33)11-20(32)24-29-26(35)27(5,30-24)18-8-6-17(7-9-18)23-16(4)28-13-36-23/h6-10,13-14,19-20,22,33H,11-12H2,1-5H3,(H,29,30,35)/t19-,20+,22?,27+/m1/s1. The van der Waals surface area contributed by atoms with E-state index in [2.05, 4.69) is 19.7 Å². The third-order valence-electron chi connectivity index (χ3n) is 7.26. The predicted molar refractivity (Wildman–Crippen MR) is 146 cm³/mol. The number of nitrogens with one attached hydrogen (secondary N) is 1. The van der Waals surface area contributed by atoms with E-state index < -0.39 is 17.7 Å². The van der Waals surface area contributed by atoms with E-state index in [0.29, 0.717) is 12.3 Å². The summed E-state index contributed by atoms with van der Waals surface area (Å²) >= 11 is 2.93. The molecule has 8 nitrogen and oxygen atoms in total. The normalized spacial score (nSPS) is 24.5. The van der Waals surface area contributed by atoms with E-state index in [-0.39, 0.29) is 30.2 Å². The van der Waals surface area contributed by atoms with Crippen LogP contribution in [0.1, 0.15) is 54.9 Å². The topological polar surface area (TPSA) is 108 Å². The van der Waals surface area contributed by atoms with E-state index in [4.69, 9.17) is 0 Å². The molecule has 0 aliphatic carbocycles. The smallest absolute Gasteiger partial charge is 0.277 e. The number of hydrogen-bond acceptors (Lipinski definition) is 8. The van der Waals surface area contributed by atoms with Crippen LogP contribution >= 0.6 is 22.9 Å². The number of aliphatic hydroxyl groups excluding tert-OH is 1. The zero-order valence-electron chi connectivity index (χ0n) is 21.6. The number of aromatic nitrogens is 2. The fourth-order valence-corrected chi connectivity index (χ4v) is 7.03. The molecule has 4 heterocycles. The number of likely N-dealkylation sites (tertiary alicyclic amines) is 1. The molecule has 2 amide bonds. The van der Waals surface area contributed by atoms with Crippen molar-refractivity contribution in [2.45, 2.75) is 64.6 Å². The summed E-state index contributed by atoms with van der Waals surface area (Å²) in [5.41, 5.74) is 4.47. The molecule has 1 saturated heterocycles. The van der Waals surface area contributed by atoms with Crippen molar-refractivity contribution in [2.24, 2.45) is 10.9 Å². The Morgan fingerprint density at radius 1 is 1.24 bits per heavy atom. The van der Waals surface area contributed by atoms with Crippen LogP contribution in [0.4, 0.5) is 0 Å². The summed E-state index contributed by atoms with van der Waals surface area (Å²) in [6, 6.07) is 9.32. The van der Waals surface area contributed by atoms with Gasteiger partial charge < -0.3 is 15.3 Å². The van der Waals surface area contributed by atoms with Gasteiger partial charge in [0.15, 0.2) is 0 Å². The largest absolute Gasteiger partial charge is 0.391 e. The number of aryl methyl sites for hydroxylation is 2. The Labute approximate surface area is 224 Å². The number of aliphatic hydroxyl groups is 1. The van der Waals surface area contributed by atoms with Crippen molar-refractivity contribution in [3.8, 4) is 10.4 Å². The van der Waals surface area contributed by atoms with E-state index in [1.807, 2.05) is 70.5 Å². The molecule has 2 aromatic heterocycles. The molecule has 10 heteroatoms. The van der Waals surface area contributed by atoms with Crippen LogP contribution < -0.4 is 5.32 Å². The average Bonchev–Trinajstić information content (AvgIpc) is 3.62. The van der Waals surface area contributed by atoms with Crippen molar-refractivity contribution in [1.82, 2.24) is 19.6 Å². The summed E-state index contributed by atoms with van der Waals surface area (Å²) in [5, 5.41) is 13.9. The molecule has 0 spiro atoms. The van der Waals surface area contributed by atoms with E-state index in [1.165, 1.54) is 11.5 Å². The maximum atomic E-state index is 13.8. The zero-order chi connectivity index (χ0) is 26.5. The molecule has 4 atom stereocenters. The van der Waals surface area contributed by atoms with Gasteiger partial charge in [0.25, 0.3) is 5.91 Å². The first-order valence-electron chi connectivity index (χ1n) is 12.4. The SMILES string of the molecule is Cc1cc(C(C(=O)N2C[C@H](O)C[C@H]2C2=NC(=O)[C@](C)(c3ccc(-c4scnc4C)cc3)N2)C(C)C)sn1. The third-order valence-corrected chi connectivity index (χ3v) is 9.20. The van der Waals surface area contributed by atoms with Crippen LogP contribution in [0.2, 0.25) is 0 Å². The van der Waals surface area contributed by atoms with Gasteiger partial charge in [-0.1, -0.05) is 38.1 Å². The van der Waals surface area contributed by atoms with Crippen LogP contribution in [-0.2, 0) is 15.1 Å². The molecule has 2 aliphatic heterocycles. The summed E-state index contributed by atoms with van der Waals surface area (Å²) in [4.78, 5) is 39.4. The van der Waals surface area contributed by atoms with Gasteiger partial charge in [-0.3, -0.25) is 9.59 Å². The molecule has 3 aromatic rings. The molecule has 2 aliphatic rings. The summed E-state index contributed by atoms with van der Waals surface area (Å²) < 4.78 is 4.37. The van der Waals surface area contributed by atoms with Gasteiger partial charge in [0.1, 0.15) is 11.4 Å². The summed E-state index contributed by atoms with van der Waals surface area (Å²) in [5.74, 6) is -0.267. The number of aliphatic imine (C=N–C) groups is 1. The highest BCUT2D eigenvalue weighted by Crippen LogP contribution is 2.36. The minimum Gasteiger partial charge on any atom is -0.391 e. The molecule has 2 N–H and O–H groups in total. The van der Waals surface area contributed by atoms with Crippen LogP contribution in [-0.4, -0.2) is 55.7 Å². The Kier molecular flexibility index (Phi) is 6.76. The molecule has 194 valence electrons. The second-order valence-electron chi connectivity index (χ2n) is 10.4. The second-order valence-corrected chi connectivity index (χ2v) is 12.1. The molecule has 1 fully saturated rings. The van der Waals surface area contributed by atoms with Gasteiger partial charge in [-0.05, 0) is 55.4 Å². The van der Waals surface area contributed by atoms with E-state index in [0.717, 1.165) is 32.3 Å². The quantitative estimate of drug-likeness (QED) is 0.492. The van der Waals surface area contributed by atoms with Gasteiger partial charge in [0.05, 0.1) is 39.8 Å². The van der Waals surface area contributed by atoms with Crippen molar-refractivity contribution in [2.75, 3.05) is 6.54 Å². The fourth-order valence-electron chi connectivity index (χ4n) is 5.21. The molecule has 5 rings (SSSR count). The lowest BCUT2D eigenvalue weighted by atomic mass is 9.90. The molecule has 37 heavy (non-hydrogen) atoms. The Bertz CT molecular complexity index is 1360. The lowest BCUT2D eigenvalue weighted by Gasteiger charge is -2.31. The molecular weight excluding hydrogens is 506 g/mol. The number of amides is 2. The minimum absolute atomic E-state index is 0.0526. The summed E-state index contributed by atoms with van der Waals surface area (Å²) in [6.07, 6.45) is -0.352.